The van der Waals surface area contributed by atoms with Gasteiger partial charge in [-0.15, -0.1) is 0 Å². The molecule has 2 rings (SSSR count). The van der Waals surface area contributed by atoms with Crippen LogP contribution in [0.25, 0.3) is 0 Å². The summed E-state index contributed by atoms with van der Waals surface area (Å²) in [5, 5.41) is 22.8. The van der Waals surface area contributed by atoms with Gasteiger partial charge in [-0.2, -0.15) is 0 Å². The van der Waals surface area contributed by atoms with Crippen LogP contribution in [0.15, 0.2) is 18.2 Å². The summed E-state index contributed by atoms with van der Waals surface area (Å²) in [4.78, 5) is 0. The van der Waals surface area contributed by atoms with E-state index >= 15 is 0 Å². The minimum absolute atomic E-state index is 0.0509. The summed E-state index contributed by atoms with van der Waals surface area (Å²) in [6, 6.07) is 5.57. The van der Waals surface area contributed by atoms with Gasteiger partial charge in [0.15, 0.2) is 11.5 Å². The van der Waals surface area contributed by atoms with Crippen LogP contribution >= 0.6 is 0 Å². The molecule has 1 aromatic carbocycles. The second kappa shape index (κ2) is 6.46. The van der Waals surface area contributed by atoms with Gasteiger partial charge in [0.1, 0.15) is 0 Å². The summed E-state index contributed by atoms with van der Waals surface area (Å²) < 4.78 is 5.14. The van der Waals surface area contributed by atoms with Gasteiger partial charge in [0.05, 0.1) is 7.11 Å². The van der Waals surface area contributed by atoms with Crippen molar-refractivity contribution < 1.29 is 14.9 Å². The van der Waals surface area contributed by atoms with Crippen LogP contribution in [-0.2, 0) is 0 Å². The fourth-order valence-corrected chi connectivity index (χ4v) is 2.97. The van der Waals surface area contributed by atoms with Gasteiger partial charge in [-0.05, 0) is 37.5 Å². The highest BCUT2D eigenvalue weighted by Gasteiger charge is 2.33. The maximum Gasteiger partial charge on any atom is 0.160 e. The first-order valence-corrected chi connectivity index (χ1v) is 7.31. The molecule has 112 valence electrons. The van der Waals surface area contributed by atoms with E-state index in [9.17, 15) is 10.2 Å². The van der Waals surface area contributed by atoms with Crippen molar-refractivity contribution in [1.29, 1.82) is 0 Å². The Morgan fingerprint density at radius 1 is 1.35 bits per heavy atom. The van der Waals surface area contributed by atoms with Crippen LogP contribution < -0.4 is 10.1 Å². The zero-order valence-corrected chi connectivity index (χ0v) is 12.4. The van der Waals surface area contributed by atoms with Crippen LogP contribution in [0, 0.1) is 5.41 Å². The molecule has 0 bridgehead atoms. The molecule has 0 aromatic heterocycles. The van der Waals surface area contributed by atoms with Gasteiger partial charge < -0.3 is 20.3 Å². The van der Waals surface area contributed by atoms with E-state index in [2.05, 4.69) is 12.2 Å². The fraction of sp³-hybridized carbons (Fsp3) is 0.625. The Kier molecular flexibility index (Phi) is 4.89. The maximum absolute atomic E-state index is 9.63. The summed E-state index contributed by atoms with van der Waals surface area (Å²) in [5.74, 6) is 0.653. The summed E-state index contributed by atoms with van der Waals surface area (Å²) in [7, 11) is 1.55. The second-order valence-electron chi connectivity index (χ2n) is 5.90. The summed E-state index contributed by atoms with van der Waals surface area (Å²) >= 11 is 0. The first-order valence-electron chi connectivity index (χ1n) is 7.31. The van der Waals surface area contributed by atoms with Crippen molar-refractivity contribution >= 4 is 0 Å². The van der Waals surface area contributed by atoms with Crippen LogP contribution in [0.4, 0.5) is 0 Å². The Balaban J connectivity index is 1.99. The molecule has 1 saturated carbocycles. The highest BCUT2D eigenvalue weighted by atomic mass is 16.5. The van der Waals surface area contributed by atoms with Gasteiger partial charge in [0, 0.05) is 24.6 Å². The van der Waals surface area contributed by atoms with Crippen molar-refractivity contribution in [3.05, 3.63) is 23.8 Å². The van der Waals surface area contributed by atoms with Crippen molar-refractivity contribution in [2.75, 3.05) is 20.3 Å². The molecule has 0 saturated heterocycles. The van der Waals surface area contributed by atoms with E-state index in [0.29, 0.717) is 5.75 Å². The topological polar surface area (TPSA) is 61.7 Å². The molecular formula is C16H25NO3. The Bertz CT molecular complexity index is 441. The third-order valence-corrected chi connectivity index (χ3v) is 4.49. The number of nitrogens with one attached hydrogen (secondary N) is 1. The van der Waals surface area contributed by atoms with Gasteiger partial charge in [0.2, 0.25) is 0 Å². The van der Waals surface area contributed by atoms with E-state index in [0.717, 1.165) is 24.9 Å². The monoisotopic (exact) mass is 279 g/mol. The van der Waals surface area contributed by atoms with E-state index in [1.54, 1.807) is 13.2 Å². The number of hydrogen-bond donors (Lipinski definition) is 3. The van der Waals surface area contributed by atoms with Crippen molar-refractivity contribution in [3.63, 3.8) is 0 Å². The number of aromatic hydroxyl groups is 1. The van der Waals surface area contributed by atoms with Crippen molar-refractivity contribution in [2.45, 2.75) is 38.6 Å². The third kappa shape index (κ3) is 3.25. The summed E-state index contributed by atoms with van der Waals surface area (Å²) in [6.07, 6.45) is 4.62. The Morgan fingerprint density at radius 3 is 2.65 bits per heavy atom. The number of rotatable bonds is 6. The van der Waals surface area contributed by atoms with Gasteiger partial charge in [-0.1, -0.05) is 18.9 Å². The standard InChI is InChI=1S/C16H25NO3/c1-12(13-5-6-14(19)15(9-13)20-2)17-10-16(11-18)7-3-4-8-16/h5-6,9,12,17-19H,3-4,7-8,10-11H2,1-2H3. The van der Waals surface area contributed by atoms with Crippen LogP contribution in [-0.4, -0.2) is 30.5 Å². The quantitative estimate of drug-likeness (QED) is 0.749. The molecule has 0 amide bonds. The molecule has 1 aliphatic carbocycles. The van der Waals surface area contributed by atoms with Crippen LogP contribution in [0.1, 0.15) is 44.2 Å². The molecule has 1 aliphatic rings. The van der Waals surface area contributed by atoms with E-state index < -0.39 is 0 Å². The van der Waals surface area contributed by atoms with Gasteiger partial charge in [-0.3, -0.25) is 0 Å². The smallest absolute Gasteiger partial charge is 0.160 e. The van der Waals surface area contributed by atoms with E-state index in [4.69, 9.17) is 4.74 Å². The molecule has 1 fully saturated rings. The lowest BCUT2D eigenvalue weighted by atomic mass is 9.87. The normalized spacial score (nSPS) is 18.9. The number of aliphatic hydroxyl groups excluding tert-OH is 1. The number of phenols is 1. The Morgan fingerprint density at radius 2 is 2.05 bits per heavy atom. The molecule has 1 atom stereocenters. The van der Waals surface area contributed by atoms with Crippen LogP contribution in [0.3, 0.4) is 0 Å². The van der Waals surface area contributed by atoms with E-state index in [-0.39, 0.29) is 23.8 Å². The number of phenolic OH excluding ortho intramolecular Hbond substituents is 1. The van der Waals surface area contributed by atoms with Crippen molar-refractivity contribution in [3.8, 4) is 11.5 Å². The fourth-order valence-electron chi connectivity index (χ4n) is 2.97. The first kappa shape index (κ1) is 15.1. The number of hydrogen-bond acceptors (Lipinski definition) is 4. The van der Waals surface area contributed by atoms with Crippen molar-refractivity contribution in [2.24, 2.45) is 5.41 Å². The highest BCUT2D eigenvalue weighted by molar-refractivity contribution is 5.42. The average molecular weight is 279 g/mol. The molecular weight excluding hydrogens is 254 g/mol. The highest BCUT2D eigenvalue weighted by Crippen LogP contribution is 2.37. The van der Waals surface area contributed by atoms with Crippen LogP contribution in [0.5, 0.6) is 11.5 Å². The van der Waals surface area contributed by atoms with E-state index in [1.165, 1.54) is 12.8 Å². The maximum atomic E-state index is 9.63. The van der Waals surface area contributed by atoms with Crippen LogP contribution in [0.2, 0.25) is 0 Å². The Hall–Kier alpha value is -1.26. The largest absolute Gasteiger partial charge is 0.504 e. The first-order chi connectivity index (χ1) is 9.60. The SMILES string of the molecule is COc1cc(C(C)NCC2(CO)CCCC2)ccc1O. The zero-order valence-electron chi connectivity index (χ0n) is 12.4. The molecule has 3 N–H and O–H groups in total. The third-order valence-electron chi connectivity index (χ3n) is 4.49. The minimum atomic E-state index is 0.0509. The summed E-state index contributed by atoms with van der Waals surface area (Å²) in [5.41, 5.74) is 1.13. The number of benzene rings is 1. The average Bonchev–Trinajstić information content (AvgIpc) is 2.95. The lowest BCUT2D eigenvalue weighted by Crippen LogP contribution is -2.36. The second-order valence-corrected chi connectivity index (χ2v) is 5.90. The Labute approximate surface area is 120 Å². The molecule has 20 heavy (non-hydrogen) atoms. The van der Waals surface area contributed by atoms with E-state index in [1.807, 2.05) is 12.1 Å². The van der Waals surface area contributed by atoms with Gasteiger partial charge >= 0.3 is 0 Å². The predicted octanol–water partition coefficient (Wildman–Crippen LogP) is 2.60. The lowest BCUT2D eigenvalue weighted by molar-refractivity contribution is 0.125. The molecule has 0 heterocycles. The molecule has 4 nitrogen and oxygen atoms in total. The summed E-state index contributed by atoms with van der Waals surface area (Å²) in [6.45, 7) is 3.17. The lowest BCUT2D eigenvalue weighted by Gasteiger charge is -2.29. The zero-order chi connectivity index (χ0) is 14.6. The number of methoxy groups -OCH3 is 1. The molecule has 0 spiro atoms. The molecule has 0 radical (unpaired) electrons. The van der Waals surface area contributed by atoms with Gasteiger partial charge in [0.25, 0.3) is 0 Å². The number of ether oxygens (including phenoxy) is 1. The van der Waals surface area contributed by atoms with Crippen molar-refractivity contribution in [1.82, 2.24) is 5.32 Å². The molecule has 1 aromatic rings. The minimum Gasteiger partial charge on any atom is -0.504 e. The molecule has 4 heteroatoms. The van der Waals surface area contributed by atoms with Gasteiger partial charge in [-0.25, -0.2) is 0 Å². The predicted molar refractivity (Wildman–Crippen MR) is 79.1 cm³/mol. The molecule has 1 unspecified atom stereocenters. The number of aliphatic hydroxyl groups is 1. The molecule has 0 aliphatic heterocycles.